The number of esters is 1. The van der Waals surface area contributed by atoms with Gasteiger partial charge in [-0.1, -0.05) is 25.1 Å². The molecule has 0 aliphatic carbocycles. The molecule has 2 aromatic rings. The molecule has 0 aliphatic rings. The maximum absolute atomic E-state index is 12.3. The minimum atomic E-state index is -0.522. The van der Waals surface area contributed by atoms with Crippen LogP contribution in [0.2, 0.25) is 0 Å². The van der Waals surface area contributed by atoms with Gasteiger partial charge in [0, 0.05) is 24.2 Å². The van der Waals surface area contributed by atoms with E-state index in [1.807, 2.05) is 4.57 Å². The summed E-state index contributed by atoms with van der Waals surface area (Å²) in [4.78, 5) is 33.8. The predicted octanol–water partition coefficient (Wildman–Crippen LogP) is 2.18. The van der Waals surface area contributed by atoms with Gasteiger partial charge in [-0.15, -0.1) is 10.2 Å². The van der Waals surface area contributed by atoms with Crippen molar-refractivity contribution in [1.29, 1.82) is 0 Å². The van der Waals surface area contributed by atoms with E-state index in [4.69, 9.17) is 0 Å². The van der Waals surface area contributed by atoms with Gasteiger partial charge >= 0.3 is 5.97 Å². The van der Waals surface area contributed by atoms with Crippen molar-refractivity contribution in [2.24, 2.45) is 0 Å². The molecule has 1 N–H and O–H groups in total. The highest BCUT2D eigenvalue weighted by atomic mass is 32.2. The van der Waals surface area contributed by atoms with Crippen molar-refractivity contribution in [3.63, 3.8) is 0 Å². The van der Waals surface area contributed by atoms with E-state index in [0.29, 0.717) is 23.1 Å². The van der Waals surface area contributed by atoms with Gasteiger partial charge in [0.1, 0.15) is 0 Å². The molecule has 1 heterocycles. The first-order chi connectivity index (χ1) is 13.5. The number of ether oxygens (including phenoxy) is 1. The van der Waals surface area contributed by atoms with Crippen molar-refractivity contribution in [2.45, 2.75) is 38.0 Å². The van der Waals surface area contributed by atoms with Crippen LogP contribution in [0, 0.1) is 10.1 Å². The normalized spacial score (nSPS) is 10.5. The molecule has 0 spiro atoms. The summed E-state index contributed by atoms with van der Waals surface area (Å²) in [5.74, 6) is -0.0431. The Balaban J connectivity index is 2.05. The number of non-ortho nitro benzene ring substituents is 1. The van der Waals surface area contributed by atoms with E-state index < -0.39 is 4.92 Å². The number of carbonyl (C=O) groups excluding carboxylic acids is 2. The van der Waals surface area contributed by atoms with Crippen LogP contribution in [-0.4, -0.2) is 44.4 Å². The maximum Gasteiger partial charge on any atom is 0.316 e. The summed E-state index contributed by atoms with van der Waals surface area (Å²) in [6.45, 7) is 2.86. The fraction of sp³-hybridized carbons (Fsp3) is 0.412. The van der Waals surface area contributed by atoms with Crippen molar-refractivity contribution in [2.75, 3.05) is 12.9 Å². The Kier molecular flexibility index (Phi) is 7.93. The number of unbranched alkanes of at least 4 members (excludes halogenated alkanes) is 1. The van der Waals surface area contributed by atoms with E-state index in [0.717, 1.165) is 12.8 Å². The van der Waals surface area contributed by atoms with E-state index in [-0.39, 0.29) is 29.9 Å². The SMILES string of the molecule is CCCCn1c(CNC(=O)c2ccc([N+](=O)[O-])cc2)nnc1SCC(=O)OC. The van der Waals surface area contributed by atoms with Crippen molar-refractivity contribution in [3.8, 4) is 0 Å². The zero-order chi connectivity index (χ0) is 20.5. The summed E-state index contributed by atoms with van der Waals surface area (Å²) in [5.41, 5.74) is 0.230. The Morgan fingerprint density at radius 2 is 2.00 bits per heavy atom. The zero-order valence-corrected chi connectivity index (χ0v) is 16.4. The molecule has 0 radical (unpaired) electrons. The fourth-order valence-corrected chi connectivity index (χ4v) is 3.09. The van der Waals surface area contributed by atoms with E-state index in [1.54, 1.807) is 0 Å². The Morgan fingerprint density at radius 3 is 2.61 bits per heavy atom. The third-order valence-corrected chi connectivity index (χ3v) is 4.76. The average molecular weight is 407 g/mol. The quantitative estimate of drug-likeness (QED) is 0.275. The first-order valence-corrected chi connectivity index (χ1v) is 9.59. The van der Waals surface area contributed by atoms with Crippen molar-refractivity contribution >= 4 is 29.3 Å². The van der Waals surface area contributed by atoms with Crippen LogP contribution in [0.25, 0.3) is 0 Å². The topological polar surface area (TPSA) is 129 Å². The molecule has 0 bridgehead atoms. The van der Waals surface area contributed by atoms with Crippen molar-refractivity contribution < 1.29 is 19.2 Å². The molecule has 2 rings (SSSR count). The Morgan fingerprint density at radius 1 is 1.29 bits per heavy atom. The second-order valence-corrected chi connectivity index (χ2v) is 6.70. The van der Waals surface area contributed by atoms with Gasteiger partial charge in [-0.3, -0.25) is 19.7 Å². The van der Waals surface area contributed by atoms with Gasteiger partial charge < -0.3 is 14.6 Å². The van der Waals surface area contributed by atoms with Crippen LogP contribution in [0.3, 0.4) is 0 Å². The van der Waals surface area contributed by atoms with Crippen LogP contribution < -0.4 is 5.32 Å². The minimum absolute atomic E-state index is 0.0804. The minimum Gasteiger partial charge on any atom is -0.468 e. The number of nitrogens with zero attached hydrogens (tertiary/aromatic N) is 4. The number of carbonyl (C=O) groups is 2. The van der Waals surface area contributed by atoms with Crippen LogP contribution in [0.5, 0.6) is 0 Å². The largest absolute Gasteiger partial charge is 0.468 e. The van der Waals surface area contributed by atoms with Crippen LogP contribution in [-0.2, 0) is 22.6 Å². The molecule has 28 heavy (non-hydrogen) atoms. The monoisotopic (exact) mass is 407 g/mol. The molecule has 11 heteroatoms. The molecule has 10 nitrogen and oxygen atoms in total. The molecule has 0 aliphatic heterocycles. The van der Waals surface area contributed by atoms with E-state index in [1.165, 1.54) is 43.1 Å². The Labute approximate surface area is 165 Å². The smallest absolute Gasteiger partial charge is 0.316 e. The summed E-state index contributed by atoms with van der Waals surface area (Å²) in [7, 11) is 1.32. The number of nitro benzene ring substituents is 1. The van der Waals surface area contributed by atoms with Gasteiger partial charge in [0.2, 0.25) is 0 Å². The van der Waals surface area contributed by atoms with E-state index in [9.17, 15) is 19.7 Å². The van der Waals surface area contributed by atoms with Gasteiger partial charge in [0.15, 0.2) is 11.0 Å². The second-order valence-electron chi connectivity index (χ2n) is 5.76. The lowest BCUT2D eigenvalue weighted by Gasteiger charge is -2.10. The fourth-order valence-electron chi connectivity index (χ4n) is 2.28. The number of nitrogens with one attached hydrogen (secondary N) is 1. The number of aromatic nitrogens is 3. The van der Waals surface area contributed by atoms with E-state index in [2.05, 4.69) is 27.2 Å². The first-order valence-electron chi connectivity index (χ1n) is 8.60. The molecular formula is C17H21N5O5S. The summed E-state index contributed by atoms with van der Waals surface area (Å²) < 4.78 is 6.50. The van der Waals surface area contributed by atoms with Gasteiger partial charge in [-0.25, -0.2) is 0 Å². The molecule has 0 unspecified atom stereocenters. The maximum atomic E-state index is 12.3. The number of hydrogen-bond acceptors (Lipinski definition) is 8. The van der Waals surface area contributed by atoms with Gasteiger partial charge in [0.25, 0.3) is 11.6 Å². The predicted molar refractivity (Wildman–Crippen MR) is 102 cm³/mol. The molecule has 0 atom stereocenters. The molecule has 0 saturated heterocycles. The number of nitro groups is 1. The van der Waals surface area contributed by atoms with E-state index >= 15 is 0 Å². The van der Waals surface area contributed by atoms with Gasteiger partial charge in [-0.2, -0.15) is 0 Å². The number of rotatable bonds is 10. The Hall–Kier alpha value is -2.95. The lowest BCUT2D eigenvalue weighted by molar-refractivity contribution is -0.384. The zero-order valence-electron chi connectivity index (χ0n) is 15.6. The molecule has 150 valence electrons. The van der Waals surface area contributed by atoms with Gasteiger partial charge in [0.05, 0.1) is 24.3 Å². The van der Waals surface area contributed by atoms with Crippen LogP contribution in [0.1, 0.15) is 35.9 Å². The number of methoxy groups -OCH3 is 1. The van der Waals surface area contributed by atoms with Crippen molar-refractivity contribution in [1.82, 2.24) is 20.1 Å². The van der Waals surface area contributed by atoms with Crippen LogP contribution in [0.4, 0.5) is 5.69 Å². The summed E-state index contributed by atoms with van der Waals surface area (Å²) >= 11 is 1.22. The van der Waals surface area contributed by atoms with Crippen LogP contribution >= 0.6 is 11.8 Å². The second kappa shape index (κ2) is 10.4. The highest BCUT2D eigenvalue weighted by Gasteiger charge is 2.16. The highest BCUT2D eigenvalue weighted by Crippen LogP contribution is 2.18. The molecule has 1 amide bonds. The summed E-state index contributed by atoms with van der Waals surface area (Å²) in [6, 6.07) is 5.35. The van der Waals surface area contributed by atoms with Crippen LogP contribution in [0.15, 0.2) is 29.4 Å². The summed E-state index contributed by atoms with van der Waals surface area (Å²) in [5, 5.41) is 22.2. The number of amides is 1. The number of hydrogen-bond donors (Lipinski definition) is 1. The Bertz CT molecular complexity index is 837. The third kappa shape index (κ3) is 5.78. The lowest BCUT2D eigenvalue weighted by Crippen LogP contribution is -2.25. The number of benzene rings is 1. The molecular weight excluding hydrogens is 386 g/mol. The number of thioether (sulfide) groups is 1. The highest BCUT2D eigenvalue weighted by molar-refractivity contribution is 7.99. The third-order valence-electron chi connectivity index (χ3n) is 3.82. The molecule has 1 aromatic carbocycles. The van der Waals surface area contributed by atoms with Crippen molar-refractivity contribution in [3.05, 3.63) is 45.8 Å². The summed E-state index contributed by atoms with van der Waals surface area (Å²) in [6.07, 6.45) is 1.86. The first kappa shape index (κ1) is 21.4. The molecule has 0 fully saturated rings. The standard InChI is InChI=1S/C17H21N5O5S/c1-3-4-9-21-14(19-20-17(21)28-11-15(23)27-2)10-18-16(24)12-5-7-13(8-6-12)22(25)26/h5-8H,3-4,9-11H2,1-2H3,(H,18,24). The molecule has 1 aromatic heterocycles. The molecule has 0 saturated carbocycles. The lowest BCUT2D eigenvalue weighted by atomic mass is 10.2. The average Bonchev–Trinajstić information content (AvgIpc) is 3.10. The van der Waals surface area contributed by atoms with Gasteiger partial charge in [-0.05, 0) is 18.6 Å².